The molecule has 138 valence electrons. The van der Waals surface area contributed by atoms with Gasteiger partial charge in [0.25, 0.3) is 5.91 Å². The summed E-state index contributed by atoms with van der Waals surface area (Å²) in [6, 6.07) is 3.38. The molecule has 1 amide bonds. The summed E-state index contributed by atoms with van der Waals surface area (Å²) >= 11 is 0. The van der Waals surface area contributed by atoms with Gasteiger partial charge in [0.2, 0.25) is 0 Å². The molecule has 2 atom stereocenters. The number of hydrogen-bond acceptors (Lipinski definition) is 4. The first-order valence-corrected chi connectivity index (χ1v) is 9.43. The van der Waals surface area contributed by atoms with Crippen LogP contribution >= 0.6 is 0 Å². The Bertz CT molecular complexity index is 743. The maximum absolute atomic E-state index is 13.6. The fourth-order valence-electron chi connectivity index (χ4n) is 4.18. The molecule has 3 heterocycles. The number of carbonyl (C=O) groups is 1. The number of carbonyl (C=O) groups excluding carboxylic acids is 1. The predicted octanol–water partition coefficient (Wildman–Crippen LogP) is 3.07. The van der Waals surface area contributed by atoms with E-state index in [0.29, 0.717) is 24.6 Å². The van der Waals surface area contributed by atoms with E-state index < -0.39 is 6.67 Å². The molecular formula is C19H24FN5O. The van der Waals surface area contributed by atoms with E-state index >= 15 is 0 Å². The first kappa shape index (κ1) is 17.1. The standard InChI is InChI=1S/C19H24FN5O/c20-10-15-11-25(19(26)14-6-8-21-9-7-14)12-16(15)18-22-17(23-24-18)13-4-2-1-3-5-13/h6-9,13,15-16H,1-5,10-12H2,(H,22,23,24)/t15-,16-/m1/s1. The number of hydrogen-bond donors (Lipinski definition) is 1. The molecule has 7 heteroatoms. The molecule has 2 aromatic rings. The summed E-state index contributed by atoms with van der Waals surface area (Å²) in [5.74, 6) is 1.53. The third-order valence-electron chi connectivity index (χ3n) is 5.70. The number of aromatic nitrogens is 4. The zero-order chi connectivity index (χ0) is 17.9. The Labute approximate surface area is 152 Å². The maximum atomic E-state index is 13.6. The number of likely N-dealkylation sites (tertiary alicyclic amines) is 1. The van der Waals surface area contributed by atoms with Crippen molar-refractivity contribution in [3.05, 3.63) is 41.7 Å². The van der Waals surface area contributed by atoms with E-state index in [1.807, 2.05) is 0 Å². The normalized spacial score (nSPS) is 24.1. The average molecular weight is 357 g/mol. The van der Waals surface area contributed by atoms with E-state index in [1.165, 1.54) is 19.3 Å². The summed E-state index contributed by atoms with van der Waals surface area (Å²) in [5, 5.41) is 7.44. The maximum Gasteiger partial charge on any atom is 0.253 e. The van der Waals surface area contributed by atoms with Crippen LogP contribution in [-0.4, -0.2) is 50.7 Å². The molecule has 0 radical (unpaired) electrons. The molecular weight excluding hydrogens is 333 g/mol. The summed E-state index contributed by atoms with van der Waals surface area (Å²) in [5.41, 5.74) is 0.582. The highest BCUT2D eigenvalue weighted by atomic mass is 19.1. The smallest absolute Gasteiger partial charge is 0.253 e. The van der Waals surface area contributed by atoms with E-state index in [9.17, 15) is 9.18 Å². The summed E-state index contributed by atoms with van der Waals surface area (Å²) in [4.78, 5) is 23.0. The van der Waals surface area contributed by atoms with Crippen LogP contribution in [0.25, 0.3) is 0 Å². The van der Waals surface area contributed by atoms with Gasteiger partial charge in [0.05, 0.1) is 6.67 Å². The van der Waals surface area contributed by atoms with Gasteiger partial charge in [0.15, 0.2) is 5.82 Å². The van der Waals surface area contributed by atoms with Gasteiger partial charge in [-0.05, 0) is 25.0 Å². The van der Waals surface area contributed by atoms with Gasteiger partial charge in [-0.25, -0.2) is 4.98 Å². The molecule has 1 saturated heterocycles. The van der Waals surface area contributed by atoms with Crippen molar-refractivity contribution in [3.8, 4) is 0 Å². The highest BCUT2D eigenvalue weighted by Gasteiger charge is 2.38. The zero-order valence-corrected chi connectivity index (χ0v) is 14.8. The molecule has 1 aliphatic carbocycles. The fourth-order valence-corrected chi connectivity index (χ4v) is 4.18. The van der Waals surface area contributed by atoms with Crippen molar-refractivity contribution in [2.75, 3.05) is 19.8 Å². The van der Waals surface area contributed by atoms with Crippen LogP contribution in [0.1, 0.15) is 65.9 Å². The molecule has 2 aliphatic rings. The number of nitrogens with one attached hydrogen (secondary N) is 1. The van der Waals surface area contributed by atoms with E-state index in [0.717, 1.165) is 24.5 Å². The van der Waals surface area contributed by atoms with Gasteiger partial charge in [0, 0.05) is 48.8 Å². The molecule has 26 heavy (non-hydrogen) atoms. The lowest BCUT2D eigenvalue weighted by molar-refractivity contribution is 0.0784. The van der Waals surface area contributed by atoms with Crippen molar-refractivity contribution < 1.29 is 9.18 Å². The van der Waals surface area contributed by atoms with Gasteiger partial charge in [-0.2, -0.15) is 5.10 Å². The first-order chi connectivity index (χ1) is 12.8. The van der Waals surface area contributed by atoms with Crippen LogP contribution in [0.2, 0.25) is 0 Å². The van der Waals surface area contributed by atoms with E-state index in [-0.39, 0.29) is 17.7 Å². The summed E-state index contributed by atoms with van der Waals surface area (Å²) in [6.07, 6.45) is 9.17. The third kappa shape index (κ3) is 3.34. The molecule has 1 N–H and O–H groups in total. The Morgan fingerprint density at radius 1 is 1.19 bits per heavy atom. The van der Waals surface area contributed by atoms with E-state index in [2.05, 4.69) is 15.2 Å². The van der Waals surface area contributed by atoms with Gasteiger partial charge in [-0.1, -0.05) is 19.3 Å². The number of alkyl halides is 1. The van der Waals surface area contributed by atoms with Crippen LogP contribution < -0.4 is 0 Å². The zero-order valence-electron chi connectivity index (χ0n) is 14.8. The predicted molar refractivity (Wildman–Crippen MR) is 94.6 cm³/mol. The van der Waals surface area contributed by atoms with Gasteiger partial charge in [-0.15, -0.1) is 0 Å². The number of halogens is 1. The number of aromatic amines is 1. The lowest BCUT2D eigenvalue weighted by Crippen LogP contribution is -2.29. The quantitative estimate of drug-likeness (QED) is 0.912. The molecule has 2 aromatic heterocycles. The van der Waals surface area contributed by atoms with Crippen molar-refractivity contribution in [1.29, 1.82) is 0 Å². The Hall–Kier alpha value is -2.31. The highest BCUT2D eigenvalue weighted by Crippen LogP contribution is 2.34. The second-order valence-electron chi connectivity index (χ2n) is 7.38. The number of pyridine rings is 1. The first-order valence-electron chi connectivity index (χ1n) is 9.43. The topological polar surface area (TPSA) is 74.8 Å². The number of H-pyrrole nitrogens is 1. The Morgan fingerprint density at radius 3 is 2.69 bits per heavy atom. The average Bonchev–Trinajstić information content (AvgIpc) is 3.35. The van der Waals surface area contributed by atoms with Gasteiger partial charge < -0.3 is 4.90 Å². The van der Waals surface area contributed by atoms with Crippen molar-refractivity contribution in [3.63, 3.8) is 0 Å². The van der Waals surface area contributed by atoms with Crippen LogP contribution in [0.15, 0.2) is 24.5 Å². The minimum Gasteiger partial charge on any atom is -0.337 e. The second kappa shape index (κ2) is 7.51. The van der Waals surface area contributed by atoms with Crippen LogP contribution in [0.3, 0.4) is 0 Å². The molecule has 0 bridgehead atoms. The minimum atomic E-state index is -0.468. The fraction of sp³-hybridized carbons (Fsp3) is 0.579. The largest absolute Gasteiger partial charge is 0.337 e. The Morgan fingerprint density at radius 2 is 1.96 bits per heavy atom. The number of rotatable bonds is 4. The van der Waals surface area contributed by atoms with Gasteiger partial charge in [-0.3, -0.25) is 19.3 Å². The van der Waals surface area contributed by atoms with Gasteiger partial charge in [0.1, 0.15) is 5.82 Å². The van der Waals surface area contributed by atoms with Crippen molar-refractivity contribution in [1.82, 2.24) is 25.1 Å². The van der Waals surface area contributed by atoms with Crippen LogP contribution in [-0.2, 0) is 0 Å². The molecule has 0 aromatic carbocycles. The van der Waals surface area contributed by atoms with E-state index in [4.69, 9.17) is 4.98 Å². The van der Waals surface area contributed by atoms with Crippen LogP contribution in [0.5, 0.6) is 0 Å². The SMILES string of the molecule is O=C(c1ccncc1)N1C[C@@H](CF)[C@H](c2nc(C3CCCCC3)n[nH]2)C1. The lowest BCUT2D eigenvalue weighted by Gasteiger charge is -2.18. The summed E-state index contributed by atoms with van der Waals surface area (Å²) in [7, 11) is 0. The summed E-state index contributed by atoms with van der Waals surface area (Å²) in [6.45, 7) is 0.404. The Balaban J connectivity index is 1.49. The van der Waals surface area contributed by atoms with Crippen molar-refractivity contribution >= 4 is 5.91 Å². The van der Waals surface area contributed by atoms with Crippen LogP contribution in [0, 0.1) is 5.92 Å². The number of nitrogens with zero attached hydrogens (tertiary/aromatic N) is 4. The third-order valence-corrected chi connectivity index (χ3v) is 5.70. The molecule has 6 nitrogen and oxygen atoms in total. The summed E-state index contributed by atoms with van der Waals surface area (Å²) < 4.78 is 13.6. The van der Waals surface area contributed by atoms with Crippen molar-refractivity contribution in [2.24, 2.45) is 5.92 Å². The molecule has 2 fully saturated rings. The second-order valence-corrected chi connectivity index (χ2v) is 7.38. The molecule has 1 saturated carbocycles. The molecule has 0 unspecified atom stereocenters. The lowest BCUT2D eigenvalue weighted by atomic mass is 9.89. The molecule has 4 rings (SSSR count). The van der Waals surface area contributed by atoms with Gasteiger partial charge >= 0.3 is 0 Å². The monoisotopic (exact) mass is 357 g/mol. The Kier molecular flexibility index (Phi) is 4.95. The van der Waals surface area contributed by atoms with Crippen LogP contribution in [0.4, 0.5) is 4.39 Å². The molecule has 1 aliphatic heterocycles. The van der Waals surface area contributed by atoms with Crippen molar-refractivity contribution in [2.45, 2.75) is 43.9 Å². The minimum absolute atomic E-state index is 0.0830. The molecule has 0 spiro atoms. The highest BCUT2D eigenvalue weighted by molar-refractivity contribution is 5.94. The van der Waals surface area contributed by atoms with E-state index in [1.54, 1.807) is 29.4 Å². The number of amides is 1.